The summed E-state index contributed by atoms with van der Waals surface area (Å²) in [4.78, 5) is 5.57. The van der Waals surface area contributed by atoms with Crippen LogP contribution in [0.4, 0.5) is 0 Å². The van der Waals surface area contributed by atoms with Gasteiger partial charge in [-0.2, -0.15) is 0 Å². The van der Waals surface area contributed by atoms with Gasteiger partial charge < -0.3 is 15.6 Å². The minimum Gasteiger partial charge on any atom is -0.357 e. The zero-order valence-corrected chi connectivity index (χ0v) is 9.25. The van der Waals surface area contributed by atoms with E-state index in [4.69, 9.17) is 5.73 Å². The Balaban J connectivity index is 2.45. The highest BCUT2D eigenvalue weighted by Crippen LogP contribution is 2.19. The van der Waals surface area contributed by atoms with E-state index in [9.17, 15) is 0 Å². The molecule has 3 nitrogen and oxygen atoms in total. The molecule has 0 atom stereocenters. The molecule has 1 aromatic heterocycles. The zero-order valence-electron chi connectivity index (χ0n) is 9.25. The number of rotatable bonds is 3. The van der Waals surface area contributed by atoms with E-state index in [2.05, 4.69) is 48.2 Å². The van der Waals surface area contributed by atoms with Crippen molar-refractivity contribution in [3.8, 4) is 0 Å². The van der Waals surface area contributed by atoms with Crippen LogP contribution >= 0.6 is 0 Å². The number of nitrogens with one attached hydrogen (secondary N) is 1. The van der Waals surface area contributed by atoms with E-state index in [0.29, 0.717) is 6.54 Å². The lowest BCUT2D eigenvalue weighted by atomic mass is 10.1. The van der Waals surface area contributed by atoms with E-state index in [0.717, 1.165) is 6.54 Å². The maximum Gasteiger partial charge on any atom is 0.0501 e. The van der Waals surface area contributed by atoms with Crippen LogP contribution in [0.15, 0.2) is 24.3 Å². The Morgan fingerprint density at radius 1 is 1.33 bits per heavy atom. The molecule has 2 aromatic rings. The Labute approximate surface area is 89.9 Å². The Morgan fingerprint density at radius 3 is 2.80 bits per heavy atom. The molecule has 0 fully saturated rings. The second-order valence-electron chi connectivity index (χ2n) is 4.12. The fourth-order valence-corrected chi connectivity index (χ4v) is 1.87. The number of benzene rings is 1. The standard InChI is InChI=1S/C12H17N3/c1-15(2)8-11-6-9-4-3-5-10(7-13)12(9)14-11/h3-6,14H,7-8,13H2,1-2H3. The van der Waals surface area contributed by atoms with Gasteiger partial charge >= 0.3 is 0 Å². The number of hydrogen-bond donors (Lipinski definition) is 2. The summed E-state index contributed by atoms with van der Waals surface area (Å²) >= 11 is 0. The van der Waals surface area contributed by atoms with Gasteiger partial charge in [-0.25, -0.2) is 0 Å². The Bertz CT molecular complexity index is 457. The van der Waals surface area contributed by atoms with Crippen molar-refractivity contribution in [1.82, 2.24) is 9.88 Å². The third-order valence-corrected chi connectivity index (χ3v) is 2.50. The number of aromatic nitrogens is 1. The molecule has 3 N–H and O–H groups in total. The molecule has 15 heavy (non-hydrogen) atoms. The van der Waals surface area contributed by atoms with Crippen LogP contribution in [0.5, 0.6) is 0 Å². The maximum absolute atomic E-state index is 5.70. The SMILES string of the molecule is CN(C)Cc1cc2cccc(CN)c2[nH]1. The van der Waals surface area contributed by atoms with Crippen LogP contribution in [0.25, 0.3) is 10.9 Å². The van der Waals surface area contributed by atoms with E-state index in [1.807, 2.05) is 0 Å². The highest BCUT2D eigenvalue weighted by Gasteiger charge is 2.04. The minimum absolute atomic E-state index is 0.583. The predicted octanol–water partition coefficient (Wildman–Crippen LogP) is 1.69. The van der Waals surface area contributed by atoms with Crippen molar-refractivity contribution < 1.29 is 0 Å². The van der Waals surface area contributed by atoms with Crippen molar-refractivity contribution in [2.75, 3.05) is 14.1 Å². The van der Waals surface area contributed by atoms with Crippen molar-refractivity contribution in [1.29, 1.82) is 0 Å². The predicted molar refractivity (Wildman–Crippen MR) is 63.6 cm³/mol. The van der Waals surface area contributed by atoms with Crippen LogP contribution in [-0.4, -0.2) is 24.0 Å². The fraction of sp³-hybridized carbons (Fsp3) is 0.333. The molecule has 0 bridgehead atoms. The monoisotopic (exact) mass is 203 g/mol. The average Bonchev–Trinajstić information content (AvgIpc) is 2.58. The molecular weight excluding hydrogens is 186 g/mol. The lowest BCUT2D eigenvalue weighted by Gasteiger charge is -2.06. The van der Waals surface area contributed by atoms with Gasteiger partial charge in [-0.05, 0) is 25.7 Å². The molecule has 0 amide bonds. The zero-order chi connectivity index (χ0) is 10.8. The molecule has 0 saturated heterocycles. The third kappa shape index (κ3) is 2.03. The summed E-state index contributed by atoms with van der Waals surface area (Å²) in [7, 11) is 4.13. The summed E-state index contributed by atoms with van der Waals surface area (Å²) in [6, 6.07) is 8.43. The second-order valence-corrected chi connectivity index (χ2v) is 4.12. The van der Waals surface area contributed by atoms with Crippen molar-refractivity contribution in [2.24, 2.45) is 5.73 Å². The van der Waals surface area contributed by atoms with Gasteiger partial charge in [-0.1, -0.05) is 18.2 Å². The first-order valence-electron chi connectivity index (χ1n) is 5.15. The van der Waals surface area contributed by atoms with Gasteiger partial charge in [0.25, 0.3) is 0 Å². The van der Waals surface area contributed by atoms with E-state index in [1.165, 1.54) is 22.2 Å². The normalized spacial score (nSPS) is 11.5. The number of H-pyrrole nitrogens is 1. The average molecular weight is 203 g/mol. The molecule has 0 aliphatic carbocycles. The van der Waals surface area contributed by atoms with Gasteiger partial charge in [0.1, 0.15) is 0 Å². The molecule has 1 aromatic carbocycles. The van der Waals surface area contributed by atoms with Gasteiger partial charge in [0.2, 0.25) is 0 Å². The first kappa shape index (κ1) is 10.2. The van der Waals surface area contributed by atoms with Crippen molar-refractivity contribution in [2.45, 2.75) is 13.1 Å². The number of nitrogens with zero attached hydrogens (tertiary/aromatic N) is 1. The van der Waals surface area contributed by atoms with Crippen molar-refractivity contribution in [3.63, 3.8) is 0 Å². The number of para-hydroxylation sites is 1. The van der Waals surface area contributed by atoms with Crippen LogP contribution < -0.4 is 5.73 Å². The first-order valence-corrected chi connectivity index (χ1v) is 5.15. The van der Waals surface area contributed by atoms with Gasteiger partial charge in [0.05, 0.1) is 5.52 Å². The molecule has 0 unspecified atom stereocenters. The fourth-order valence-electron chi connectivity index (χ4n) is 1.87. The number of aromatic amines is 1. The molecule has 1 heterocycles. The van der Waals surface area contributed by atoms with Crippen molar-refractivity contribution >= 4 is 10.9 Å². The second kappa shape index (κ2) is 4.04. The Morgan fingerprint density at radius 2 is 2.13 bits per heavy atom. The van der Waals surface area contributed by atoms with Crippen LogP contribution in [0, 0.1) is 0 Å². The van der Waals surface area contributed by atoms with Gasteiger partial charge in [0.15, 0.2) is 0 Å². The highest BCUT2D eigenvalue weighted by atomic mass is 15.1. The summed E-state index contributed by atoms with van der Waals surface area (Å²) < 4.78 is 0. The quantitative estimate of drug-likeness (QED) is 0.797. The van der Waals surface area contributed by atoms with Crippen LogP contribution in [0.1, 0.15) is 11.3 Å². The topological polar surface area (TPSA) is 45.0 Å². The molecule has 0 radical (unpaired) electrons. The molecule has 0 aliphatic rings. The summed E-state index contributed by atoms with van der Waals surface area (Å²) in [6.07, 6.45) is 0. The third-order valence-electron chi connectivity index (χ3n) is 2.50. The number of fused-ring (bicyclic) bond motifs is 1. The Kier molecular flexibility index (Phi) is 2.75. The molecule has 2 rings (SSSR count). The molecule has 80 valence electrons. The van der Waals surface area contributed by atoms with Gasteiger partial charge in [0, 0.05) is 24.2 Å². The summed E-state index contributed by atoms with van der Waals surface area (Å²) in [5, 5.41) is 1.25. The summed E-state index contributed by atoms with van der Waals surface area (Å²) in [5.41, 5.74) is 9.28. The van der Waals surface area contributed by atoms with Gasteiger partial charge in [-0.3, -0.25) is 0 Å². The summed E-state index contributed by atoms with van der Waals surface area (Å²) in [6.45, 7) is 1.51. The van der Waals surface area contributed by atoms with E-state index in [-0.39, 0.29) is 0 Å². The molecule has 0 aliphatic heterocycles. The van der Waals surface area contributed by atoms with E-state index in [1.54, 1.807) is 0 Å². The first-order chi connectivity index (χ1) is 7.20. The molecular formula is C12H17N3. The smallest absolute Gasteiger partial charge is 0.0501 e. The van der Waals surface area contributed by atoms with Crippen molar-refractivity contribution in [3.05, 3.63) is 35.5 Å². The molecule has 0 spiro atoms. The number of nitrogens with two attached hydrogens (primary N) is 1. The van der Waals surface area contributed by atoms with Crippen LogP contribution in [-0.2, 0) is 13.1 Å². The lowest BCUT2D eigenvalue weighted by Crippen LogP contribution is -2.10. The van der Waals surface area contributed by atoms with E-state index >= 15 is 0 Å². The lowest BCUT2D eigenvalue weighted by molar-refractivity contribution is 0.398. The van der Waals surface area contributed by atoms with Gasteiger partial charge in [-0.15, -0.1) is 0 Å². The van der Waals surface area contributed by atoms with Crippen LogP contribution in [0.2, 0.25) is 0 Å². The molecule has 0 saturated carbocycles. The molecule has 3 heteroatoms. The largest absolute Gasteiger partial charge is 0.357 e. The maximum atomic E-state index is 5.70. The van der Waals surface area contributed by atoms with Crippen LogP contribution in [0.3, 0.4) is 0 Å². The minimum atomic E-state index is 0.583. The number of hydrogen-bond acceptors (Lipinski definition) is 2. The summed E-state index contributed by atoms with van der Waals surface area (Å²) in [5.74, 6) is 0. The highest BCUT2D eigenvalue weighted by molar-refractivity contribution is 5.83. The van der Waals surface area contributed by atoms with E-state index < -0.39 is 0 Å². The Hall–Kier alpha value is -1.32.